The summed E-state index contributed by atoms with van der Waals surface area (Å²) in [5, 5.41) is 7.23. The van der Waals surface area contributed by atoms with Crippen LogP contribution in [0.5, 0.6) is 0 Å². The maximum absolute atomic E-state index is 12.3. The summed E-state index contributed by atoms with van der Waals surface area (Å²) in [4.78, 5) is 22.4. The van der Waals surface area contributed by atoms with Gasteiger partial charge in [-0.1, -0.05) is 24.6 Å². The molecule has 2 heterocycles. The van der Waals surface area contributed by atoms with Gasteiger partial charge >= 0.3 is 0 Å². The predicted octanol–water partition coefficient (Wildman–Crippen LogP) is 4.83. The summed E-state index contributed by atoms with van der Waals surface area (Å²) >= 11 is 1.70. The van der Waals surface area contributed by atoms with Crippen LogP contribution in [-0.2, 0) is 6.42 Å². The van der Waals surface area contributed by atoms with Crippen molar-refractivity contribution in [2.24, 2.45) is 0 Å². The van der Waals surface area contributed by atoms with Gasteiger partial charge in [0.15, 0.2) is 0 Å². The molecule has 0 radical (unpaired) electrons. The third-order valence-electron chi connectivity index (χ3n) is 3.99. The van der Waals surface area contributed by atoms with Gasteiger partial charge in [-0.2, -0.15) is 0 Å². The quantitative estimate of drug-likeness (QED) is 0.655. The Morgan fingerprint density at radius 3 is 2.50 bits per heavy atom. The topological polar surface area (TPSA) is 66.9 Å². The second-order valence-electron chi connectivity index (χ2n) is 6.14. The molecule has 1 amide bonds. The summed E-state index contributed by atoms with van der Waals surface area (Å²) in [6.07, 6.45) is 4.50. The van der Waals surface area contributed by atoms with Gasteiger partial charge in [-0.3, -0.25) is 4.79 Å². The summed E-state index contributed by atoms with van der Waals surface area (Å²) in [5.41, 5.74) is 2.44. The number of aromatic nitrogens is 2. The van der Waals surface area contributed by atoms with E-state index in [0.29, 0.717) is 5.56 Å². The summed E-state index contributed by atoms with van der Waals surface area (Å²) in [5.74, 6) is 0.547. The van der Waals surface area contributed by atoms with E-state index < -0.39 is 0 Å². The molecular formula is C20H22N4OS. The lowest BCUT2D eigenvalue weighted by molar-refractivity contribution is 0.102. The average molecular weight is 366 g/mol. The first kappa shape index (κ1) is 18.1. The highest BCUT2D eigenvalue weighted by Gasteiger charge is 2.12. The largest absolute Gasteiger partial charge is 0.361 e. The standard InChI is InChI=1S/C20H22N4OS/c1-4-17-12-22-20(26-17)14(3)23-18-10-7-15(11-21-18)19(25)24-16-8-5-13(2)6-9-16/h5-12,14H,4H2,1-3H3,(H,21,23)(H,24,25). The van der Waals surface area contributed by atoms with Crippen LogP contribution in [0.4, 0.5) is 11.5 Å². The number of anilines is 2. The van der Waals surface area contributed by atoms with Crippen LogP contribution >= 0.6 is 11.3 Å². The molecule has 0 aliphatic rings. The normalized spacial score (nSPS) is 11.8. The number of thiazole rings is 1. The van der Waals surface area contributed by atoms with Crippen LogP contribution < -0.4 is 10.6 Å². The first-order valence-corrected chi connectivity index (χ1v) is 9.42. The molecule has 0 bridgehead atoms. The molecule has 0 aliphatic carbocycles. The average Bonchev–Trinajstić information content (AvgIpc) is 3.13. The van der Waals surface area contributed by atoms with Gasteiger partial charge in [0, 0.05) is 23.0 Å². The molecule has 1 atom stereocenters. The summed E-state index contributed by atoms with van der Waals surface area (Å²) < 4.78 is 0. The lowest BCUT2D eigenvalue weighted by Gasteiger charge is -2.12. The maximum atomic E-state index is 12.3. The molecule has 6 heteroatoms. The molecule has 5 nitrogen and oxygen atoms in total. The third kappa shape index (κ3) is 4.46. The molecular weight excluding hydrogens is 344 g/mol. The van der Waals surface area contributed by atoms with Crippen molar-refractivity contribution in [2.75, 3.05) is 10.6 Å². The van der Waals surface area contributed by atoms with E-state index in [1.807, 2.05) is 43.5 Å². The van der Waals surface area contributed by atoms with Crippen molar-refractivity contribution >= 4 is 28.7 Å². The minimum absolute atomic E-state index is 0.0695. The van der Waals surface area contributed by atoms with Crippen molar-refractivity contribution < 1.29 is 4.79 Å². The van der Waals surface area contributed by atoms with Crippen LogP contribution in [0.25, 0.3) is 0 Å². The molecule has 26 heavy (non-hydrogen) atoms. The van der Waals surface area contributed by atoms with Crippen LogP contribution in [0, 0.1) is 6.92 Å². The van der Waals surface area contributed by atoms with Crippen molar-refractivity contribution in [3.05, 3.63) is 69.8 Å². The predicted molar refractivity (Wildman–Crippen MR) is 107 cm³/mol. The summed E-state index contributed by atoms with van der Waals surface area (Å²) in [6, 6.07) is 11.4. The van der Waals surface area contributed by atoms with Gasteiger partial charge in [-0.25, -0.2) is 9.97 Å². The highest BCUT2D eigenvalue weighted by Crippen LogP contribution is 2.23. The van der Waals surface area contributed by atoms with Crippen molar-refractivity contribution in [1.29, 1.82) is 0 Å². The molecule has 2 aromatic heterocycles. The number of nitrogens with one attached hydrogen (secondary N) is 2. The number of hydrogen-bond donors (Lipinski definition) is 2. The fraction of sp³-hybridized carbons (Fsp3) is 0.250. The molecule has 0 saturated carbocycles. The minimum atomic E-state index is -0.173. The second-order valence-corrected chi connectivity index (χ2v) is 7.28. The highest BCUT2D eigenvalue weighted by atomic mass is 32.1. The molecule has 0 saturated heterocycles. The van der Waals surface area contributed by atoms with E-state index in [9.17, 15) is 4.79 Å². The Morgan fingerprint density at radius 2 is 1.88 bits per heavy atom. The Balaban J connectivity index is 1.62. The smallest absolute Gasteiger partial charge is 0.257 e. The number of carbonyl (C=O) groups excluding carboxylic acids is 1. The molecule has 1 unspecified atom stereocenters. The van der Waals surface area contributed by atoms with Crippen LogP contribution in [0.15, 0.2) is 48.8 Å². The Morgan fingerprint density at radius 1 is 1.12 bits per heavy atom. The van der Waals surface area contributed by atoms with E-state index >= 15 is 0 Å². The molecule has 3 aromatic rings. The first-order chi connectivity index (χ1) is 12.5. The molecule has 3 rings (SSSR count). The van der Waals surface area contributed by atoms with Gasteiger partial charge in [-0.15, -0.1) is 11.3 Å². The van der Waals surface area contributed by atoms with Crippen LogP contribution in [0.3, 0.4) is 0 Å². The van der Waals surface area contributed by atoms with E-state index in [1.54, 1.807) is 23.6 Å². The zero-order valence-corrected chi connectivity index (χ0v) is 15.9. The van der Waals surface area contributed by atoms with Gasteiger partial charge in [0.1, 0.15) is 10.8 Å². The van der Waals surface area contributed by atoms with Gasteiger partial charge in [0.2, 0.25) is 0 Å². The monoisotopic (exact) mass is 366 g/mol. The van der Waals surface area contributed by atoms with Gasteiger partial charge < -0.3 is 10.6 Å². The van der Waals surface area contributed by atoms with Gasteiger partial charge in [-0.05, 0) is 44.5 Å². The van der Waals surface area contributed by atoms with Crippen LogP contribution in [0.2, 0.25) is 0 Å². The van der Waals surface area contributed by atoms with E-state index in [-0.39, 0.29) is 11.9 Å². The number of aryl methyl sites for hydroxylation is 2. The first-order valence-electron chi connectivity index (χ1n) is 8.60. The lowest BCUT2D eigenvalue weighted by atomic mass is 10.2. The minimum Gasteiger partial charge on any atom is -0.361 e. The lowest BCUT2D eigenvalue weighted by Crippen LogP contribution is -2.13. The maximum Gasteiger partial charge on any atom is 0.257 e. The van der Waals surface area contributed by atoms with Crippen LogP contribution in [-0.4, -0.2) is 15.9 Å². The van der Waals surface area contributed by atoms with Crippen molar-refractivity contribution in [1.82, 2.24) is 9.97 Å². The number of hydrogen-bond acceptors (Lipinski definition) is 5. The number of carbonyl (C=O) groups is 1. The van der Waals surface area contributed by atoms with Crippen molar-refractivity contribution in [3.8, 4) is 0 Å². The van der Waals surface area contributed by atoms with Crippen molar-refractivity contribution in [3.63, 3.8) is 0 Å². The van der Waals surface area contributed by atoms with Gasteiger partial charge in [0.05, 0.1) is 11.6 Å². The Hall–Kier alpha value is -2.73. The number of amides is 1. The zero-order valence-electron chi connectivity index (χ0n) is 15.1. The van der Waals surface area contributed by atoms with E-state index in [4.69, 9.17) is 0 Å². The van der Waals surface area contributed by atoms with E-state index in [0.717, 1.165) is 28.5 Å². The fourth-order valence-electron chi connectivity index (χ4n) is 2.42. The van der Waals surface area contributed by atoms with Crippen molar-refractivity contribution in [2.45, 2.75) is 33.2 Å². The van der Waals surface area contributed by atoms with E-state index in [2.05, 4.69) is 34.4 Å². The molecule has 0 spiro atoms. The molecule has 2 N–H and O–H groups in total. The van der Waals surface area contributed by atoms with E-state index in [1.165, 1.54) is 4.88 Å². The second kappa shape index (κ2) is 8.10. The molecule has 134 valence electrons. The summed E-state index contributed by atoms with van der Waals surface area (Å²) in [7, 11) is 0. The fourth-order valence-corrected chi connectivity index (χ4v) is 3.28. The van der Waals surface area contributed by atoms with Gasteiger partial charge in [0.25, 0.3) is 5.91 Å². The number of rotatable bonds is 6. The number of pyridine rings is 1. The molecule has 0 aliphatic heterocycles. The highest BCUT2D eigenvalue weighted by molar-refractivity contribution is 7.11. The molecule has 1 aromatic carbocycles. The molecule has 0 fully saturated rings. The third-order valence-corrected chi connectivity index (χ3v) is 5.31. The Kier molecular flexibility index (Phi) is 5.63. The van der Waals surface area contributed by atoms with Crippen LogP contribution in [0.1, 0.15) is 45.7 Å². The summed E-state index contributed by atoms with van der Waals surface area (Å²) in [6.45, 7) is 6.19. The SMILES string of the molecule is CCc1cnc(C(C)Nc2ccc(C(=O)Nc3ccc(C)cc3)cn2)s1. The number of nitrogens with zero attached hydrogens (tertiary/aromatic N) is 2. The Labute approximate surface area is 157 Å². The number of benzene rings is 1. The Bertz CT molecular complexity index is 872. The zero-order chi connectivity index (χ0) is 18.5.